The number of likely N-dealkylation sites (tertiary alicyclic amines) is 1. The molecule has 224 valence electrons. The Morgan fingerprint density at radius 1 is 1.05 bits per heavy atom. The Labute approximate surface area is 244 Å². The molecule has 3 heterocycles. The van der Waals surface area contributed by atoms with Crippen LogP contribution in [0.5, 0.6) is 5.75 Å². The minimum Gasteiger partial charge on any atom is -0.505 e. The highest BCUT2D eigenvalue weighted by Crippen LogP contribution is 2.33. The van der Waals surface area contributed by atoms with Gasteiger partial charge in [-0.15, -0.1) is 0 Å². The van der Waals surface area contributed by atoms with Crippen molar-refractivity contribution in [2.24, 2.45) is 4.99 Å². The molecule has 42 heavy (non-hydrogen) atoms. The van der Waals surface area contributed by atoms with Crippen LogP contribution < -0.4 is 5.32 Å². The molecular formula is C30H35FN4O6S. The number of aliphatic hydroxyl groups is 1. The van der Waals surface area contributed by atoms with Crippen LogP contribution in [0.25, 0.3) is 6.08 Å². The minimum atomic E-state index is -3.81. The zero-order valence-corrected chi connectivity index (χ0v) is 24.7. The van der Waals surface area contributed by atoms with E-state index in [1.807, 2.05) is 13.8 Å². The highest BCUT2D eigenvalue weighted by molar-refractivity contribution is 7.92. The van der Waals surface area contributed by atoms with Crippen LogP contribution in [0.1, 0.15) is 65.2 Å². The van der Waals surface area contributed by atoms with Crippen LogP contribution in [0, 0.1) is 19.7 Å². The van der Waals surface area contributed by atoms with E-state index in [1.165, 1.54) is 22.5 Å². The number of hydrogen-bond acceptors (Lipinski definition) is 7. The standard InChI is InChI=1S/C30H35FN4O6S/c1-19-16-22(27(37)34-11-7-29(3,39)8-12-34)17-20(2)23(19)6-15-42(40,41)35-13-9-30(10-14-35)28(38)32-26(33-30)21-4-5-25(36)24(31)18-21/h4-6,15-18,36,39H,7-14H2,1-3H3,(H,32,33,38)/b15-6+. The van der Waals surface area contributed by atoms with Crippen molar-refractivity contribution in [3.63, 3.8) is 0 Å². The lowest BCUT2D eigenvalue weighted by Gasteiger charge is -2.36. The first kappa shape index (κ1) is 29.9. The number of halogens is 1. The Hall–Kier alpha value is -3.61. The molecule has 2 aromatic carbocycles. The summed E-state index contributed by atoms with van der Waals surface area (Å²) in [5.74, 6) is -1.63. The predicted octanol–water partition coefficient (Wildman–Crippen LogP) is 2.85. The average Bonchev–Trinajstić information content (AvgIpc) is 3.24. The Balaban J connectivity index is 1.26. The van der Waals surface area contributed by atoms with Crippen molar-refractivity contribution in [1.29, 1.82) is 0 Å². The second-order valence-electron chi connectivity index (χ2n) is 11.7. The lowest BCUT2D eigenvalue weighted by Crippen LogP contribution is -2.50. The number of nitrogens with one attached hydrogen (secondary N) is 1. The van der Waals surface area contributed by atoms with Crippen LogP contribution in [-0.2, 0) is 14.8 Å². The summed E-state index contributed by atoms with van der Waals surface area (Å²) in [6.45, 7) is 6.54. The molecule has 12 heteroatoms. The second-order valence-corrected chi connectivity index (χ2v) is 13.5. The van der Waals surface area contributed by atoms with Crippen LogP contribution in [-0.4, -0.2) is 82.8 Å². The number of rotatable bonds is 5. The van der Waals surface area contributed by atoms with Crippen molar-refractivity contribution in [3.8, 4) is 5.75 Å². The fourth-order valence-electron chi connectivity index (χ4n) is 5.73. The van der Waals surface area contributed by atoms with Gasteiger partial charge in [0.2, 0.25) is 10.0 Å². The van der Waals surface area contributed by atoms with E-state index in [4.69, 9.17) is 0 Å². The number of amides is 2. The minimum absolute atomic E-state index is 0.0783. The molecule has 3 aliphatic heterocycles. The van der Waals surface area contributed by atoms with Crippen molar-refractivity contribution < 1.29 is 32.6 Å². The third-order valence-electron chi connectivity index (χ3n) is 8.49. The predicted molar refractivity (Wildman–Crippen MR) is 156 cm³/mol. The molecule has 1 spiro atoms. The molecule has 3 N–H and O–H groups in total. The molecule has 0 saturated carbocycles. The number of phenolic OH excluding ortho intramolecular Hbond substituents is 1. The summed E-state index contributed by atoms with van der Waals surface area (Å²) in [4.78, 5) is 32.2. The van der Waals surface area contributed by atoms with Crippen molar-refractivity contribution in [2.75, 3.05) is 26.2 Å². The number of aliphatic imine (C=N–C) groups is 1. The molecule has 0 aliphatic carbocycles. The van der Waals surface area contributed by atoms with Gasteiger partial charge in [-0.2, -0.15) is 4.31 Å². The van der Waals surface area contributed by atoms with E-state index in [1.54, 1.807) is 24.0 Å². The first-order valence-corrected chi connectivity index (χ1v) is 15.4. The number of sulfonamides is 1. The van der Waals surface area contributed by atoms with Crippen LogP contribution >= 0.6 is 0 Å². The number of piperidine rings is 2. The molecule has 0 bridgehead atoms. The summed E-state index contributed by atoms with van der Waals surface area (Å²) in [5.41, 5.74) is 1.18. The van der Waals surface area contributed by atoms with Gasteiger partial charge in [0.15, 0.2) is 11.6 Å². The largest absolute Gasteiger partial charge is 0.505 e. The summed E-state index contributed by atoms with van der Waals surface area (Å²) in [5, 5.41) is 23.4. The molecule has 0 aromatic heterocycles. The van der Waals surface area contributed by atoms with Gasteiger partial charge in [-0.05, 0) is 99.6 Å². The van der Waals surface area contributed by atoms with E-state index in [0.29, 0.717) is 42.6 Å². The Morgan fingerprint density at radius 2 is 1.67 bits per heavy atom. The first-order valence-electron chi connectivity index (χ1n) is 13.9. The molecule has 0 unspecified atom stereocenters. The van der Waals surface area contributed by atoms with Crippen molar-refractivity contribution in [3.05, 3.63) is 69.4 Å². The van der Waals surface area contributed by atoms with Gasteiger partial charge < -0.3 is 20.4 Å². The number of aryl methyl sites for hydroxylation is 2. The van der Waals surface area contributed by atoms with E-state index in [0.717, 1.165) is 22.6 Å². The Morgan fingerprint density at radius 3 is 2.26 bits per heavy atom. The number of benzene rings is 2. The third kappa shape index (κ3) is 5.83. The topological polar surface area (TPSA) is 140 Å². The number of amidine groups is 1. The van der Waals surface area contributed by atoms with E-state index in [2.05, 4.69) is 10.3 Å². The highest BCUT2D eigenvalue weighted by Gasteiger charge is 2.47. The van der Waals surface area contributed by atoms with Crippen molar-refractivity contribution in [1.82, 2.24) is 14.5 Å². The SMILES string of the molecule is Cc1cc(C(=O)N2CCC(C)(O)CC2)cc(C)c1/C=C/S(=O)(=O)N1CCC2(CC1)N=C(c1ccc(O)c(F)c1)NC2=O. The zero-order valence-electron chi connectivity index (χ0n) is 23.9. The quantitative estimate of drug-likeness (QED) is 0.484. The van der Waals surface area contributed by atoms with Gasteiger partial charge in [-0.1, -0.05) is 0 Å². The molecule has 2 fully saturated rings. The molecule has 0 radical (unpaired) electrons. The first-order chi connectivity index (χ1) is 19.7. The summed E-state index contributed by atoms with van der Waals surface area (Å²) < 4.78 is 41.6. The number of hydrogen-bond donors (Lipinski definition) is 3. The lowest BCUT2D eigenvalue weighted by molar-refractivity contribution is -0.124. The van der Waals surface area contributed by atoms with Crippen LogP contribution in [0.2, 0.25) is 0 Å². The summed E-state index contributed by atoms with van der Waals surface area (Å²) >= 11 is 0. The number of carbonyl (C=O) groups excluding carboxylic acids is 2. The van der Waals surface area contributed by atoms with E-state index >= 15 is 0 Å². The van der Waals surface area contributed by atoms with E-state index in [-0.39, 0.29) is 43.6 Å². The Kier molecular flexibility index (Phi) is 7.75. The number of aromatic hydroxyl groups is 1. The van der Waals surface area contributed by atoms with Crippen molar-refractivity contribution in [2.45, 2.75) is 57.6 Å². The zero-order chi connectivity index (χ0) is 30.4. The highest BCUT2D eigenvalue weighted by atomic mass is 32.2. The fourth-order valence-corrected chi connectivity index (χ4v) is 6.90. The molecule has 3 aliphatic rings. The summed E-state index contributed by atoms with van der Waals surface area (Å²) in [7, 11) is -3.81. The van der Waals surface area contributed by atoms with E-state index in [9.17, 15) is 32.6 Å². The molecule has 5 rings (SSSR count). The normalized spacial score (nSPS) is 20.6. The number of carbonyl (C=O) groups is 2. The van der Waals surface area contributed by atoms with Gasteiger partial charge in [0.05, 0.1) is 5.60 Å². The van der Waals surface area contributed by atoms with Crippen LogP contribution in [0.4, 0.5) is 4.39 Å². The number of phenols is 1. The molecular weight excluding hydrogens is 563 g/mol. The van der Waals surface area contributed by atoms with Crippen molar-refractivity contribution >= 4 is 33.7 Å². The lowest BCUT2D eigenvalue weighted by atomic mass is 9.89. The molecule has 2 aromatic rings. The van der Waals surface area contributed by atoms with Gasteiger partial charge in [0, 0.05) is 42.7 Å². The smallest absolute Gasteiger partial charge is 0.253 e. The molecule has 0 atom stereocenters. The Bertz CT molecular complexity index is 1580. The average molecular weight is 599 g/mol. The summed E-state index contributed by atoms with van der Waals surface area (Å²) in [6.07, 6.45) is 2.90. The van der Waals surface area contributed by atoms with Gasteiger partial charge in [-0.25, -0.2) is 12.8 Å². The maximum atomic E-state index is 13.8. The number of nitrogens with zero attached hydrogens (tertiary/aromatic N) is 3. The third-order valence-corrected chi connectivity index (χ3v) is 10.1. The van der Waals surface area contributed by atoms with Gasteiger partial charge in [0.25, 0.3) is 11.8 Å². The van der Waals surface area contributed by atoms with E-state index < -0.39 is 32.7 Å². The molecule has 2 saturated heterocycles. The second kappa shape index (κ2) is 10.9. The van der Waals surface area contributed by atoms with Gasteiger partial charge in [0.1, 0.15) is 11.4 Å². The monoisotopic (exact) mass is 598 g/mol. The van der Waals surface area contributed by atoms with Crippen LogP contribution in [0.15, 0.2) is 40.7 Å². The summed E-state index contributed by atoms with van der Waals surface area (Å²) in [6, 6.07) is 7.23. The maximum Gasteiger partial charge on any atom is 0.253 e. The van der Waals surface area contributed by atoms with Crippen LogP contribution in [0.3, 0.4) is 0 Å². The fraction of sp³-hybridized carbons (Fsp3) is 0.433. The maximum absolute atomic E-state index is 13.8. The van der Waals surface area contributed by atoms with Gasteiger partial charge >= 0.3 is 0 Å². The molecule has 2 amide bonds. The molecule has 10 nitrogen and oxygen atoms in total. The van der Waals surface area contributed by atoms with Gasteiger partial charge in [-0.3, -0.25) is 14.6 Å².